The van der Waals surface area contributed by atoms with Crippen LogP contribution in [0.3, 0.4) is 0 Å². The van der Waals surface area contributed by atoms with Crippen molar-refractivity contribution in [3.8, 4) is 6.07 Å². The minimum atomic E-state index is -3.62. The molecule has 0 radical (unpaired) electrons. The second-order valence-corrected chi connectivity index (χ2v) is 7.74. The Morgan fingerprint density at radius 1 is 1.39 bits per heavy atom. The number of hydrogen-bond acceptors (Lipinski definition) is 4. The third-order valence-electron chi connectivity index (χ3n) is 5.72. The fourth-order valence-corrected chi connectivity index (χ4v) is 4.07. The highest BCUT2D eigenvalue weighted by molar-refractivity contribution is 5.90. The van der Waals surface area contributed by atoms with Crippen molar-refractivity contribution in [2.24, 2.45) is 0 Å². The Morgan fingerprint density at radius 3 is 2.79 bits per heavy atom. The first kappa shape index (κ1) is 18.7. The van der Waals surface area contributed by atoms with Crippen molar-refractivity contribution in [1.29, 1.82) is 5.26 Å². The third kappa shape index (κ3) is 3.10. The number of hydrogen-bond donors (Lipinski definition) is 1. The van der Waals surface area contributed by atoms with Crippen LogP contribution >= 0.6 is 0 Å². The molecule has 0 saturated heterocycles. The van der Waals surface area contributed by atoms with Gasteiger partial charge in [-0.05, 0) is 60.8 Å². The Morgan fingerprint density at radius 2 is 2.14 bits per heavy atom. The number of carbonyl (C=O) groups excluding carboxylic acids is 1. The van der Waals surface area contributed by atoms with Gasteiger partial charge >= 0.3 is 5.92 Å². The zero-order valence-corrected chi connectivity index (χ0v) is 15.5. The lowest BCUT2D eigenvalue weighted by Crippen LogP contribution is -2.36. The molecule has 2 aromatic rings. The molecular weight excluding hydrogens is 362 g/mol. The molecular formula is C22H20F2N2O2. The van der Waals surface area contributed by atoms with E-state index in [-0.39, 0.29) is 24.0 Å². The number of aliphatic hydroxyl groups is 1. The van der Waals surface area contributed by atoms with Gasteiger partial charge in [-0.2, -0.15) is 14.0 Å². The number of Topliss-reactive ketones (excluding diaryl/α,β-unsaturated/α-hetero) is 1. The quantitative estimate of drug-likeness (QED) is 0.857. The molecule has 6 heteroatoms. The van der Waals surface area contributed by atoms with E-state index in [0.29, 0.717) is 22.7 Å². The summed E-state index contributed by atoms with van der Waals surface area (Å²) in [6, 6.07) is 8.61. The first-order chi connectivity index (χ1) is 13.3. The lowest BCUT2D eigenvalue weighted by atomic mass is 9.75. The SMILES string of the molecule is C[C@H](O)c1cccc2c1C(F)(F)C(=O)CC2Cc1ncc(C2CC2)cc1C#N. The summed E-state index contributed by atoms with van der Waals surface area (Å²) < 4.78 is 29.4. The first-order valence-corrected chi connectivity index (χ1v) is 9.44. The van der Waals surface area contributed by atoms with Gasteiger partial charge in [0.05, 0.1) is 17.4 Å². The van der Waals surface area contributed by atoms with Crippen LogP contribution in [0.25, 0.3) is 0 Å². The second-order valence-electron chi connectivity index (χ2n) is 7.74. The van der Waals surface area contributed by atoms with Crippen LogP contribution in [-0.2, 0) is 17.1 Å². The number of aromatic nitrogens is 1. The third-order valence-corrected chi connectivity index (χ3v) is 5.72. The van der Waals surface area contributed by atoms with Crippen molar-refractivity contribution in [3.05, 3.63) is 64.0 Å². The highest BCUT2D eigenvalue weighted by Crippen LogP contribution is 2.47. The summed E-state index contributed by atoms with van der Waals surface area (Å²) in [5.74, 6) is -4.84. The van der Waals surface area contributed by atoms with Gasteiger partial charge in [-0.3, -0.25) is 9.78 Å². The molecule has 4 nitrogen and oxygen atoms in total. The highest BCUT2D eigenvalue weighted by atomic mass is 19.3. The summed E-state index contributed by atoms with van der Waals surface area (Å²) in [5, 5.41) is 19.5. The number of nitrogens with zero attached hydrogens (tertiary/aromatic N) is 2. The van der Waals surface area contributed by atoms with Gasteiger partial charge in [-0.15, -0.1) is 0 Å². The Bertz CT molecular complexity index is 991. The zero-order valence-electron chi connectivity index (χ0n) is 15.5. The molecule has 144 valence electrons. The van der Waals surface area contributed by atoms with Crippen LogP contribution < -0.4 is 0 Å². The molecule has 1 fully saturated rings. The number of pyridine rings is 1. The van der Waals surface area contributed by atoms with Crippen LogP contribution in [0.15, 0.2) is 30.5 Å². The number of nitriles is 1. The lowest BCUT2D eigenvalue weighted by Gasteiger charge is -2.32. The van der Waals surface area contributed by atoms with E-state index in [1.54, 1.807) is 18.3 Å². The number of carbonyl (C=O) groups is 1. The zero-order chi connectivity index (χ0) is 20.1. The average molecular weight is 382 g/mol. The van der Waals surface area contributed by atoms with Gasteiger partial charge < -0.3 is 5.11 Å². The van der Waals surface area contributed by atoms with Crippen LogP contribution in [0.5, 0.6) is 0 Å². The predicted molar refractivity (Wildman–Crippen MR) is 98.0 cm³/mol. The maximum atomic E-state index is 14.7. The van der Waals surface area contributed by atoms with Crippen LogP contribution in [-0.4, -0.2) is 15.9 Å². The van der Waals surface area contributed by atoms with Crippen molar-refractivity contribution < 1.29 is 18.7 Å². The number of fused-ring (bicyclic) bond motifs is 1. The smallest absolute Gasteiger partial charge is 0.331 e. The largest absolute Gasteiger partial charge is 0.389 e. The topological polar surface area (TPSA) is 74.0 Å². The van der Waals surface area contributed by atoms with Gasteiger partial charge in [-0.25, -0.2) is 0 Å². The Labute approximate surface area is 161 Å². The first-order valence-electron chi connectivity index (χ1n) is 9.44. The molecule has 0 bridgehead atoms. The van der Waals surface area contributed by atoms with E-state index < -0.39 is 23.7 Å². The number of alkyl halides is 2. The van der Waals surface area contributed by atoms with Gasteiger partial charge in [0.1, 0.15) is 6.07 Å². The van der Waals surface area contributed by atoms with E-state index in [2.05, 4.69) is 11.1 Å². The van der Waals surface area contributed by atoms with Crippen LogP contribution in [0, 0.1) is 11.3 Å². The van der Waals surface area contributed by atoms with E-state index in [4.69, 9.17) is 0 Å². The van der Waals surface area contributed by atoms with E-state index in [9.17, 15) is 23.9 Å². The minimum absolute atomic E-state index is 0.0677. The summed E-state index contributed by atoms with van der Waals surface area (Å²) in [7, 11) is 0. The molecule has 2 aliphatic rings. The summed E-state index contributed by atoms with van der Waals surface area (Å²) in [5.41, 5.74) is 2.01. The number of aliphatic hydroxyl groups excluding tert-OH is 1. The Hall–Kier alpha value is -2.65. The van der Waals surface area contributed by atoms with Crippen molar-refractivity contribution in [2.45, 2.75) is 56.5 Å². The van der Waals surface area contributed by atoms with Crippen molar-refractivity contribution in [1.82, 2.24) is 4.98 Å². The van der Waals surface area contributed by atoms with Crippen LogP contribution in [0.4, 0.5) is 8.78 Å². The minimum Gasteiger partial charge on any atom is -0.389 e. The van der Waals surface area contributed by atoms with E-state index in [1.165, 1.54) is 13.0 Å². The van der Waals surface area contributed by atoms with Gasteiger partial charge in [0.25, 0.3) is 0 Å². The number of benzene rings is 1. The van der Waals surface area contributed by atoms with E-state index >= 15 is 0 Å². The van der Waals surface area contributed by atoms with Crippen LogP contribution in [0.2, 0.25) is 0 Å². The number of halogens is 2. The van der Waals surface area contributed by atoms with Gasteiger partial charge in [-0.1, -0.05) is 18.2 Å². The second kappa shape index (κ2) is 6.75. The van der Waals surface area contributed by atoms with Gasteiger partial charge in [0, 0.05) is 18.2 Å². The average Bonchev–Trinajstić information content (AvgIpc) is 3.51. The maximum Gasteiger partial charge on any atom is 0.331 e. The number of rotatable bonds is 4. The molecule has 2 aliphatic carbocycles. The molecule has 0 aliphatic heterocycles. The fourth-order valence-electron chi connectivity index (χ4n) is 4.07. The molecule has 0 amide bonds. The molecule has 1 N–H and O–H groups in total. The molecule has 1 saturated carbocycles. The Balaban J connectivity index is 1.75. The molecule has 2 atom stereocenters. The standard InChI is InChI=1S/C22H20F2N2O2/c1-12(27)17-3-2-4-18-14(9-20(28)22(23,24)21(17)18)8-19-15(10-25)7-16(11-26-19)13-5-6-13/h2-4,7,11-14,27H,5-6,8-9H2,1H3/t12-,14?/m0/s1. The van der Waals surface area contributed by atoms with E-state index in [0.717, 1.165) is 18.4 Å². The van der Waals surface area contributed by atoms with Gasteiger partial charge in [0.2, 0.25) is 5.78 Å². The summed E-state index contributed by atoms with van der Waals surface area (Å²) >= 11 is 0. The summed E-state index contributed by atoms with van der Waals surface area (Å²) in [6.45, 7) is 1.41. The van der Waals surface area contributed by atoms with Gasteiger partial charge in [0.15, 0.2) is 0 Å². The monoisotopic (exact) mass is 382 g/mol. The lowest BCUT2D eigenvalue weighted by molar-refractivity contribution is -0.146. The summed E-state index contributed by atoms with van der Waals surface area (Å²) in [4.78, 5) is 16.7. The Kier molecular flexibility index (Phi) is 4.51. The summed E-state index contributed by atoms with van der Waals surface area (Å²) in [6.07, 6.45) is 2.73. The molecule has 1 aromatic carbocycles. The molecule has 28 heavy (non-hydrogen) atoms. The van der Waals surface area contributed by atoms with Crippen molar-refractivity contribution >= 4 is 5.78 Å². The molecule has 1 unspecified atom stereocenters. The molecule has 1 heterocycles. The normalized spacial score (nSPS) is 21.7. The van der Waals surface area contributed by atoms with Crippen molar-refractivity contribution in [2.75, 3.05) is 0 Å². The number of ketones is 1. The fraction of sp³-hybridized carbons (Fsp3) is 0.409. The van der Waals surface area contributed by atoms with E-state index in [1.807, 2.05) is 6.07 Å². The molecule has 1 aromatic heterocycles. The predicted octanol–water partition coefficient (Wildman–Crippen LogP) is 4.27. The maximum absolute atomic E-state index is 14.7. The molecule has 4 rings (SSSR count). The molecule has 0 spiro atoms. The highest BCUT2D eigenvalue weighted by Gasteiger charge is 2.49. The van der Waals surface area contributed by atoms with Crippen LogP contribution in [0.1, 0.15) is 77.6 Å². The van der Waals surface area contributed by atoms with Crippen molar-refractivity contribution in [3.63, 3.8) is 0 Å².